The molecule has 1 saturated heterocycles. The molecule has 1 fully saturated rings. The molecule has 0 amide bonds. The molecule has 3 N–H and O–H groups in total. The lowest BCUT2D eigenvalue weighted by Crippen LogP contribution is -2.21. The Kier molecular flexibility index (Phi) is 7.26. The Morgan fingerprint density at radius 2 is 1.56 bits per heavy atom. The zero-order valence-corrected chi connectivity index (χ0v) is 11.8. The number of nitrogens with one attached hydrogen (secondary N) is 1. The third-order valence-electron chi connectivity index (χ3n) is 3.23. The second kappa shape index (κ2) is 8.81. The normalized spacial score (nSPS) is 14.6. The van der Waals surface area contributed by atoms with Crippen molar-refractivity contribution in [1.82, 2.24) is 5.32 Å². The maximum atomic E-state index is 5.59. The Labute approximate surface area is 111 Å². The van der Waals surface area contributed by atoms with Crippen molar-refractivity contribution in [2.75, 3.05) is 36.8 Å². The molecule has 2 rings (SSSR count). The van der Waals surface area contributed by atoms with Gasteiger partial charge in [0, 0.05) is 24.5 Å². The van der Waals surface area contributed by atoms with Crippen LogP contribution in [0, 0.1) is 0 Å². The van der Waals surface area contributed by atoms with Gasteiger partial charge in [0.25, 0.3) is 0 Å². The van der Waals surface area contributed by atoms with Crippen LogP contribution in [-0.2, 0) is 0 Å². The zero-order chi connectivity index (χ0) is 13.2. The van der Waals surface area contributed by atoms with E-state index in [0.29, 0.717) is 0 Å². The summed E-state index contributed by atoms with van der Waals surface area (Å²) in [6.45, 7) is 8.89. The predicted molar refractivity (Wildman–Crippen MR) is 81.1 cm³/mol. The maximum Gasteiger partial charge on any atom is 0.0367 e. The Bertz CT molecular complexity index is 289. The molecule has 0 spiro atoms. The number of hydrogen-bond donors (Lipinski definition) is 2. The second-order valence-electron chi connectivity index (χ2n) is 4.57. The lowest BCUT2D eigenvalue weighted by atomic mass is 10.2. The summed E-state index contributed by atoms with van der Waals surface area (Å²) in [7, 11) is 0. The minimum absolute atomic E-state index is 0.825. The van der Waals surface area contributed by atoms with Crippen molar-refractivity contribution >= 4 is 11.4 Å². The van der Waals surface area contributed by atoms with E-state index in [9.17, 15) is 0 Å². The van der Waals surface area contributed by atoms with Gasteiger partial charge in [0.15, 0.2) is 0 Å². The molecule has 0 aromatic heterocycles. The Morgan fingerprint density at radius 1 is 1.00 bits per heavy atom. The third kappa shape index (κ3) is 5.41. The van der Waals surface area contributed by atoms with Gasteiger partial charge in [0.2, 0.25) is 0 Å². The smallest absolute Gasteiger partial charge is 0.0367 e. The summed E-state index contributed by atoms with van der Waals surface area (Å²) in [6, 6.07) is 7.99. The van der Waals surface area contributed by atoms with Gasteiger partial charge in [-0.2, -0.15) is 0 Å². The fraction of sp³-hybridized carbons (Fsp3) is 0.600. The summed E-state index contributed by atoms with van der Waals surface area (Å²) < 4.78 is 0. The number of piperidine rings is 1. The van der Waals surface area contributed by atoms with E-state index in [1.54, 1.807) is 0 Å². The Morgan fingerprint density at radius 3 is 1.89 bits per heavy atom. The number of nitrogens with two attached hydrogens (primary N) is 1. The first-order valence-corrected chi connectivity index (χ1v) is 7.09. The molecular formula is C15H27N3. The van der Waals surface area contributed by atoms with Crippen molar-refractivity contribution in [1.29, 1.82) is 0 Å². The van der Waals surface area contributed by atoms with Crippen molar-refractivity contribution in [3.63, 3.8) is 0 Å². The third-order valence-corrected chi connectivity index (χ3v) is 3.23. The van der Waals surface area contributed by atoms with Gasteiger partial charge in [-0.15, -0.1) is 0 Å². The van der Waals surface area contributed by atoms with Crippen molar-refractivity contribution < 1.29 is 0 Å². The summed E-state index contributed by atoms with van der Waals surface area (Å²) >= 11 is 0. The van der Waals surface area contributed by atoms with Gasteiger partial charge >= 0.3 is 0 Å². The molecule has 0 unspecified atom stereocenters. The number of rotatable bonds is 3. The predicted octanol–water partition coefficient (Wildman–Crippen LogP) is 2.87. The molecule has 0 saturated carbocycles. The average Bonchev–Trinajstić information content (AvgIpc) is 2.45. The van der Waals surface area contributed by atoms with Gasteiger partial charge in [0.05, 0.1) is 0 Å². The van der Waals surface area contributed by atoms with Crippen LogP contribution >= 0.6 is 0 Å². The van der Waals surface area contributed by atoms with Crippen LogP contribution in [0.5, 0.6) is 0 Å². The lowest BCUT2D eigenvalue weighted by Gasteiger charge is -2.20. The standard InChI is InChI=1S/C10H16N2.C5H11N/c1-3-12(4-2)10-7-5-9(11)6-8-10;1-2-4-6-5-3-1/h5-8H,3-4,11H2,1-2H3;6H,1-5H2. The number of nitrogens with zero attached hydrogens (tertiary/aromatic N) is 1. The van der Waals surface area contributed by atoms with Crippen molar-refractivity contribution in [3.8, 4) is 0 Å². The van der Waals surface area contributed by atoms with Crippen LogP contribution in [0.3, 0.4) is 0 Å². The first-order valence-electron chi connectivity index (χ1n) is 7.09. The van der Waals surface area contributed by atoms with Crippen LogP contribution in [-0.4, -0.2) is 26.2 Å². The summed E-state index contributed by atoms with van der Waals surface area (Å²) in [5, 5.41) is 3.28. The quantitative estimate of drug-likeness (QED) is 0.809. The second-order valence-corrected chi connectivity index (χ2v) is 4.57. The molecule has 1 aromatic rings. The molecule has 0 aliphatic carbocycles. The van der Waals surface area contributed by atoms with Gasteiger partial charge < -0.3 is 16.0 Å². The van der Waals surface area contributed by atoms with Gasteiger partial charge in [0.1, 0.15) is 0 Å². The molecule has 0 radical (unpaired) electrons. The Balaban J connectivity index is 0.000000225. The van der Waals surface area contributed by atoms with E-state index >= 15 is 0 Å². The summed E-state index contributed by atoms with van der Waals surface area (Å²) in [6.07, 6.45) is 4.22. The largest absolute Gasteiger partial charge is 0.399 e. The SMILES string of the molecule is C1CCNCC1.CCN(CC)c1ccc(N)cc1. The molecular weight excluding hydrogens is 222 g/mol. The topological polar surface area (TPSA) is 41.3 Å². The van der Waals surface area contributed by atoms with Gasteiger partial charge in [-0.3, -0.25) is 0 Å². The fourth-order valence-electron chi connectivity index (χ4n) is 2.08. The highest BCUT2D eigenvalue weighted by Gasteiger charge is 1.99. The highest BCUT2D eigenvalue weighted by atomic mass is 15.1. The molecule has 18 heavy (non-hydrogen) atoms. The van der Waals surface area contributed by atoms with Crippen LogP contribution in [0.4, 0.5) is 11.4 Å². The van der Waals surface area contributed by atoms with E-state index in [1.807, 2.05) is 12.1 Å². The van der Waals surface area contributed by atoms with Crippen LogP contribution < -0.4 is 16.0 Å². The van der Waals surface area contributed by atoms with E-state index in [-0.39, 0.29) is 0 Å². The minimum Gasteiger partial charge on any atom is -0.399 e. The zero-order valence-electron chi connectivity index (χ0n) is 11.8. The van der Waals surface area contributed by atoms with Gasteiger partial charge in [-0.1, -0.05) is 6.42 Å². The van der Waals surface area contributed by atoms with Gasteiger partial charge in [-0.25, -0.2) is 0 Å². The first-order chi connectivity index (χ1) is 8.77. The van der Waals surface area contributed by atoms with Crippen LogP contribution in [0.1, 0.15) is 33.1 Å². The molecule has 1 heterocycles. The van der Waals surface area contributed by atoms with Crippen LogP contribution in [0.25, 0.3) is 0 Å². The summed E-state index contributed by atoms with van der Waals surface area (Å²) in [5.41, 5.74) is 7.66. The lowest BCUT2D eigenvalue weighted by molar-refractivity contribution is 0.520. The molecule has 0 atom stereocenters. The van der Waals surface area contributed by atoms with Crippen LogP contribution in [0.15, 0.2) is 24.3 Å². The first kappa shape index (κ1) is 14.8. The van der Waals surface area contributed by atoms with E-state index in [1.165, 1.54) is 38.0 Å². The molecule has 1 aliphatic rings. The van der Waals surface area contributed by atoms with E-state index in [2.05, 4.69) is 36.2 Å². The van der Waals surface area contributed by atoms with E-state index in [4.69, 9.17) is 5.73 Å². The molecule has 1 aromatic carbocycles. The summed E-state index contributed by atoms with van der Waals surface area (Å²) in [4.78, 5) is 2.29. The highest BCUT2D eigenvalue weighted by Crippen LogP contribution is 2.15. The van der Waals surface area contributed by atoms with Crippen molar-refractivity contribution in [2.45, 2.75) is 33.1 Å². The van der Waals surface area contributed by atoms with Crippen molar-refractivity contribution in [3.05, 3.63) is 24.3 Å². The number of anilines is 2. The average molecular weight is 249 g/mol. The highest BCUT2D eigenvalue weighted by molar-refractivity contribution is 5.52. The number of hydrogen-bond acceptors (Lipinski definition) is 3. The van der Waals surface area contributed by atoms with E-state index in [0.717, 1.165) is 18.8 Å². The Hall–Kier alpha value is -1.22. The monoisotopic (exact) mass is 249 g/mol. The minimum atomic E-state index is 0.825. The molecule has 1 aliphatic heterocycles. The number of nitrogen functional groups attached to an aromatic ring is 1. The summed E-state index contributed by atoms with van der Waals surface area (Å²) in [5.74, 6) is 0. The van der Waals surface area contributed by atoms with Crippen LogP contribution in [0.2, 0.25) is 0 Å². The van der Waals surface area contributed by atoms with E-state index < -0.39 is 0 Å². The van der Waals surface area contributed by atoms with Gasteiger partial charge in [-0.05, 0) is 64.0 Å². The molecule has 102 valence electrons. The molecule has 3 heteroatoms. The number of benzene rings is 1. The fourth-order valence-corrected chi connectivity index (χ4v) is 2.08. The maximum absolute atomic E-state index is 5.59. The molecule has 3 nitrogen and oxygen atoms in total. The molecule has 0 bridgehead atoms. The van der Waals surface area contributed by atoms with Crippen molar-refractivity contribution in [2.24, 2.45) is 0 Å².